The molecule has 0 radical (unpaired) electrons. The molecule has 0 spiro atoms. The van der Waals surface area contributed by atoms with Gasteiger partial charge in [0.2, 0.25) is 0 Å². The molecule has 6 nitrogen and oxygen atoms in total. The van der Waals surface area contributed by atoms with Gasteiger partial charge in [-0.3, -0.25) is 0 Å². The average Bonchev–Trinajstić information content (AvgIpc) is 4.13. The molecule has 0 N–H and O–H groups in total. The zero-order valence-electron chi connectivity index (χ0n) is 45.7. The van der Waals surface area contributed by atoms with Crippen LogP contribution < -0.4 is 0 Å². The van der Waals surface area contributed by atoms with Crippen molar-refractivity contribution in [2.75, 3.05) is 19.8 Å². The Morgan fingerprint density at radius 2 is 0.424 bits per heavy atom. The Bertz CT molecular complexity index is 1090. The third kappa shape index (κ3) is 40.3. The van der Waals surface area contributed by atoms with Gasteiger partial charge in [0.05, 0.1) is 18.1 Å². The van der Waals surface area contributed by atoms with Crippen molar-refractivity contribution in [1.82, 2.24) is 0 Å². The molecule has 3 aliphatic heterocycles. The summed E-state index contributed by atoms with van der Waals surface area (Å²) in [5.74, 6) is 3.07. The molecular formula is C60H117N3O3. The van der Waals surface area contributed by atoms with Gasteiger partial charge < -0.3 is 14.2 Å². The standard InChI is InChI=1S/C22H43NO.C20H39NO.C18H35NO/c1-3-5-6-7-8-9-10-11-12-13-14-15-16-17-18-19-22-23-21(4-2)20-24-22;1-3-5-6-7-8-9-10-11-12-13-14-15-16-17-20-21-19(4-2)18-22-20;1-3-5-6-7-8-9-10-11-12-13-14-15-18-19-17(4-2)16-20-18/h21H,3-20H2,1-2H3;19H,3-18H2,1-2H3;17H,3-16H2,1-2H3. The Labute approximate surface area is 413 Å². The molecule has 3 atom stereocenters. The number of hydrogen-bond acceptors (Lipinski definition) is 6. The molecule has 0 saturated heterocycles. The topological polar surface area (TPSA) is 64.8 Å². The first-order valence-corrected chi connectivity index (χ1v) is 30.2. The Hall–Kier alpha value is -1.59. The van der Waals surface area contributed by atoms with Crippen LogP contribution in [-0.4, -0.2) is 55.6 Å². The van der Waals surface area contributed by atoms with E-state index < -0.39 is 0 Å². The van der Waals surface area contributed by atoms with E-state index in [1.807, 2.05) is 0 Å². The molecule has 390 valence electrons. The Balaban J connectivity index is 0.000000497. The largest absolute Gasteiger partial charge is 0.479 e. The lowest BCUT2D eigenvalue weighted by atomic mass is 10.0. The van der Waals surface area contributed by atoms with Crippen LogP contribution in [0.4, 0.5) is 0 Å². The molecule has 0 fully saturated rings. The third-order valence-electron chi connectivity index (χ3n) is 14.2. The number of nitrogens with zero attached hydrogens (tertiary/aromatic N) is 3. The highest BCUT2D eigenvalue weighted by molar-refractivity contribution is 5.78. The summed E-state index contributed by atoms with van der Waals surface area (Å²) in [4.78, 5) is 13.8. The van der Waals surface area contributed by atoms with E-state index in [1.165, 1.54) is 250 Å². The van der Waals surface area contributed by atoms with Crippen LogP contribution in [0.3, 0.4) is 0 Å². The van der Waals surface area contributed by atoms with Crippen LogP contribution in [0.1, 0.15) is 330 Å². The van der Waals surface area contributed by atoms with Crippen LogP contribution in [0.5, 0.6) is 0 Å². The van der Waals surface area contributed by atoms with Gasteiger partial charge in [-0.25, -0.2) is 15.0 Å². The molecule has 66 heavy (non-hydrogen) atoms. The SMILES string of the molecule is CCCCCCCCCCCCCC1=NC(CC)CO1.CCCCCCCCCCCCCCCC1=NC(CC)CO1.CCCCCCCCCCCCCCCCCC1=NC(CC)CO1. The van der Waals surface area contributed by atoms with Crippen molar-refractivity contribution in [3.05, 3.63) is 0 Å². The molecule has 0 bridgehead atoms. The summed E-state index contributed by atoms with van der Waals surface area (Å²) in [6.45, 7) is 15.9. The van der Waals surface area contributed by atoms with Crippen molar-refractivity contribution in [3.63, 3.8) is 0 Å². The van der Waals surface area contributed by atoms with Gasteiger partial charge in [-0.05, 0) is 38.5 Å². The van der Waals surface area contributed by atoms with Crippen LogP contribution in [0, 0.1) is 0 Å². The monoisotopic (exact) mass is 928 g/mol. The molecule has 0 aromatic rings. The number of rotatable bonds is 45. The van der Waals surface area contributed by atoms with Crippen molar-refractivity contribution in [3.8, 4) is 0 Å². The van der Waals surface area contributed by atoms with E-state index in [0.29, 0.717) is 18.1 Å². The minimum Gasteiger partial charge on any atom is -0.479 e. The molecule has 0 saturated carbocycles. The minimum absolute atomic E-state index is 0.441. The van der Waals surface area contributed by atoms with Gasteiger partial charge in [0.15, 0.2) is 17.7 Å². The lowest BCUT2D eigenvalue weighted by molar-refractivity contribution is 0.306. The van der Waals surface area contributed by atoms with Gasteiger partial charge >= 0.3 is 0 Å². The number of aliphatic imine (C=N–C) groups is 3. The molecule has 3 unspecified atom stereocenters. The summed E-state index contributed by atoms with van der Waals surface area (Å²) in [5, 5.41) is 0. The van der Waals surface area contributed by atoms with E-state index >= 15 is 0 Å². The maximum atomic E-state index is 5.63. The molecule has 0 aromatic carbocycles. The second-order valence-electron chi connectivity index (χ2n) is 20.7. The first-order valence-electron chi connectivity index (χ1n) is 30.2. The van der Waals surface area contributed by atoms with Crippen molar-refractivity contribution >= 4 is 17.7 Å². The van der Waals surface area contributed by atoms with Crippen molar-refractivity contribution in [2.45, 2.75) is 349 Å². The summed E-state index contributed by atoms with van der Waals surface area (Å²) in [5.41, 5.74) is 0. The van der Waals surface area contributed by atoms with Crippen LogP contribution in [0.25, 0.3) is 0 Å². The van der Waals surface area contributed by atoms with Crippen molar-refractivity contribution in [2.24, 2.45) is 15.0 Å². The normalized spacial score (nSPS) is 17.5. The number of unbranched alkanes of at least 4 members (excludes halogenated alkanes) is 36. The summed E-state index contributed by atoms with van der Waals surface area (Å²) >= 11 is 0. The zero-order chi connectivity index (χ0) is 47.6. The summed E-state index contributed by atoms with van der Waals surface area (Å²) in [7, 11) is 0. The second-order valence-corrected chi connectivity index (χ2v) is 20.7. The van der Waals surface area contributed by atoms with E-state index in [-0.39, 0.29) is 0 Å². The van der Waals surface area contributed by atoms with Gasteiger partial charge in [-0.15, -0.1) is 0 Å². The van der Waals surface area contributed by atoms with Crippen molar-refractivity contribution < 1.29 is 14.2 Å². The third-order valence-corrected chi connectivity index (χ3v) is 14.2. The Morgan fingerprint density at radius 3 is 0.576 bits per heavy atom. The van der Waals surface area contributed by atoms with Gasteiger partial charge in [-0.1, -0.05) is 273 Å². The summed E-state index contributed by atoms with van der Waals surface area (Å²) in [6.07, 6.45) is 61.6. The van der Waals surface area contributed by atoms with Crippen LogP contribution in [-0.2, 0) is 14.2 Å². The molecule has 3 heterocycles. The Kier molecular flexibility index (Phi) is 47.1. The fraction of sp³-hybridized carbons (Fsp3) is 0.950. The van der Waals surface area contributed by atoms with Gasteiger partial charge in [-0.2, -0.15) is 0 Å². The summed E-state index contributed by atoms with van der Waals surface area (Å²) in [6, 6.07) is 1.33. The molecule has 0 amide bonds. The molecular weight excluding hydrogens is 811 g/mol. The van der Waals surface area contributed by atoms with E-state index in [1.54, 1.807) is 0 Å². The van der Waals surface area contributed by atoms with E-state index in [4.69, 9.17) is 14.2 Å². The Morgan fingerprint density at radius 1 is 0.258 bits per heavy atom. The van der Waals surface area contributed by atoms with Gasteiger partial charge in [0.1, 0.15) is 19.8 Å². The van der Waals surface area contributed by atoms with E-state index in [9.17, 15) is 0 Å². The maximum Gasteiger partial charge on any atom is 0.183 e. The predicted molar refractivity (Wildman–Crippen MR) is 293 cm³/mol. The molecule has 6 heteroatoms. The lowest BCUT2D eigenvalue weighted by Crippen LogP contribution is -2.03. The molecule has 3 aliphatic rings. The lowest BCUT2D eigenvalue weighted by Gasteiger charge is -2.04. The van der Waals surface area contributed by atoms with Gasteiger partial charge in [0.25, 0.3) is 0 Å². The highest BCUT2D eigenvalue weighted by Crippen LogP contribution is 2.19. The van der Waals surface area contributed by atoms with Gasteiger partial charge in [0, 0.05) is 19.3 Å². The quantitative estimate of drug-likeness (QED) is 0.0572. The maximum absolute atomic E-state index is 5.63. The zero-order valence-corrected chi connectivity index (χ0v) is 45.7. The number of ether oxygens (including phenoxy) is 3. The first kappa shape index (κ1) is 62.4. The van der Waals surface area contributed by atoms with Crippen LogP contribution in [0.2, 0.25) is 0 Å². The predicted octanol–water partition coefficient (Wildman–Crippen LogP) is 20.0. The minimum atomic E-state index is 0.441. The van der Waals surface area contributed by atoms with E-state index in [2.05, 4.69) is 56.5 Å². The smallest absolute Gasteiger partial charge is 0.183 e. The van der Waals surface area contributed by atoms with Crippen LogP contribution >= 0.6 is 0 Å². The number of hydrogen-bond donors (Lipinski definition) is 0. The van der Waals surface area contributed by atoms with E-state index in [0.717, 1.165) is 76.0 Å². The molecule has 0 aromatic heterocycles. The average molecular weight is 929 g/mol. The first-order chi connectivity index (χ1) is 32.6. The highest BCUT2D eigenvalue weighted by Gasteiger charge is 2.18. The fourth-order valence-electron chi connectivity index (χ4n) is 9.33. The highest BCUT2D eigenvalue weighted by atomic mass is 16.5. The van der Waals surface area contributed by atoms with Crippen LogP contribution in [0.15, 0.2) is 15.0 Å². The summed E-state index contributed by atoms with van der Waals surface area (Å²) < 4.78 is 16.8. The van der Waals surface area contributed by atoms with Crippen molar-refractivity contribution in [1.29, 1.82) is 0 Å². The second kappa shape index (κ2) is 49.8. The molecule has 0 aliphatic carbocycles. The molecule has 3 rings (SSSR count). The fourth-order valence-corrected chi connectivity index (χ4v) is 9.33.